The number of thiophene rings is 1. The maximum Gasteiger partial charge on any atom is 0.265 e. The van der Waals surface area contributed by atoms with E-state index in [0.29, 0.717) is 9.35 Å². The van der Waals surface area contributed by atoms with E-state index < -0.39 is 5.97 Å². The lowest BCUT2D eigenvalue weighted by Gasteiger charge is -2.11. The zero-order valence-corrected chi connectivity index (χ0v) is 11.4. The van der Waals surface area contributed by atoms with Gasteiger partial charge in [-0.15, -0.1) is 11.3 Å². The van der Waals surface area contributed by atoms with Crippen LogP contribution in [0.4, 0.5) is 5.69 Å². The molecule has 1 amide bonds. The molecule has 0 saturated heterocycles. The fourth-order valence-electron chi connectivity index (χ4n) is 1.39. The standard InChI is InChI=1S/C12H8BrNO3S/c13-7-3-4-9(8(6-7)12(16)17)14-11(15)10-2-1-5-18-10/h1-6H,(H,14,15)(H,16,17)/p-1. The average molecular weight is 325 g/mol. The van der Waals surface area contributed by atoms with Crippen molar-refractivity contribution in [3.05, 3.63) is 50.6 Å². The predicted octanol–water partition coefficient (Wildman–Crippen LogP) is 2.13. The Labute approximate surface area is 115 Å². The van der Waals surface area contributed by atoms with Gasteiger partial charge in [-0.2, -0.15) is 0 Å². The van der Waals surface area contributed by atoms with Gasteiger partial charge in [-0.3, -0.25) is 4.79 Å². The van der Waals surface area contributed by atoms with Crippen molar-refractivity contribution >= 4 is 44.8 Å². The number of amides is 1. The van der Waals surface area contributed by atoms with Crippen LogP contribution in [-0.4, -0.2) is 11.9 Å². The number of carbonyl (C=O) groups is 2. The first kappa shape index (κ1) is 12.8. The summed E-state index contributed by atoms with van der Waals surface area (Å²) in [6.07, 6.45) is 0. The Balaban J connectivity index is 2.29. The highest BCUT2D eigenvalue weighted by Crippen LogP contribution is 2.21. The van der Waals surface area contributed by atoms with E-state index in [0.717, 1.165) is 0 Å². The molecule has 0 aliphatic carbocycles. The second-order valence-corrected chi connectivity index (χ2v) is 5.27. The second-order valence-electron chi connectivity index (χ2n) is 3.41. The molecule has 1 heterocycles. The molecule has 4 nitrogen and oxygen atoms in total. The molecular formula is C12H7BrNO3S-. The Kier molecular flexibility index (Phi) is 3.78. The van der Waals surface area contributed by atoms with E-state index in [-0.39, 0.29) is 17.2 Å². The van der Waals surface area contributed by atoms with Gasteiger partial charge in [0.15, 0.2) is 0 Å². The summed E-state index contributed by atoms with van der Waals surface area (Å²) in [5.74, 6) is -1.67. The molecule has 0 aliphatic heterocycles. The van der Waals surface area contributed by atoms with E-state index in [1.807, 2.05) is 0 Å². The van der Waals surface area contributed by atoms with Crippen LogP contribution >= 0.6 is 27.3 Å². The molecule has 0 atom stereocenters. The van der Waals surface area contributed by atoms with E-state index in [4.69, 9.17) is 0 Å². The number of anilines is 1. The van der Waals surface area contributed by atoms with E-state index in [1.54, 1.807) is 23.6 Å². The van der Waals surface area contributed by atoms with Crippen molar-refractivity contribution in [2.75, 3.05) is 5.32 Å². The van der Waals surface area contributed by atoms with Crippen molar-refractivity contribution in [1.82, 2.24) is 0 Å². The number of hydrogen-bond acceptors (Lipinski definition) is 4. The minimum atomic E-state index is -1.34. The molecule has 0 unspecified atom stereocenters. The molecule has 0 spiro atoms. The Hall–Kier alpha value is -1.66. The lowest BCUT2D eigenvalue weighted by molar-refractivity contribution is -0.254. The predicted molar refractivity (Wildman–Crippen MR) is 70.7 cm³/mol. The van der Waals surface area contributed by atoms with E-state index in [2.05, 4.69) is 21.2 Å². The number of benzene rings is 1. The van der Waals surface area contributed by atoms with Crippen LogP contribution in [0, 0.1) is 0 Å². The van der Waals surface area contributed by atoms with Crippen LogP contribution < -0.4 is 10.4 Å². The maximum atomic E-state index is 11.8. The summed E-state index contributed by atoms with van der Waals surface area (Å²) in [6, 6.07) is 7.97. The monoisotopic (exact) mass is 324 g/mol. The molecule has 1 N–H and O–H groups in total. The first-order valence-corrected chi connectivity index (χ1v) is 6.61. The highest BCUT2D eigenvalue weighted by atomic mass is 79.9. The van der Waals surface area contributed by atoms with Crippen LogP contribution in [0.3, 0.4) is 0 Å². The Morgan fingerprint density at radius 1 is 1.28 bits per heavy atom. The molecule has 6 heteroatoms. The molecule has 0 aliphatic rings. The first-order chi connectivity index (χ1) is 8.58. The van der Waals surface area contributed by atoms with Crippen LogP contribution in [-0.2, 0) is 0 Å². The van der Waals surface area contributed by atoms with Crippen LogP contribution in [0.5, 0.6) is 0 Å². The van der Waals surface area contributed by atoms with Gasteiger partial charge in [0.25, 0.3) is 5.91 Å². The molecule has 0 radical (unpaired) electrons. The van der Waals surface area contributed by atoms with Crippen molar-refractivity contribution in [2.45, 2.75) is 0 Å². The molecular weight excluding hydrogens is 318 g/mol. The summed E-state index contributed by atoms with van der Waals surface area (Å²) < 4.78 is 0.607. The van der Waals surface area contributed by atoms with Gasteiger partial charge >= 0.3 is 0 Å². The third-order valence-corrected chi connectivity index (χ3v) is 3.56. The van der Waals surface area contributed by atoms with Crippen LogP contribution in [0.1, 0.15) is 20.0 Å². The quantitative estimate of drug-likeness (QED) is 0.940. The number of rotatable bonds is 3. The molecule has 92 valence electrons. The topological polar surface area (TPSA) is 69.2 Å². The van der Waals surface area contributed by atoms with E-state index >= 15 is 0 Å². The number of carboxylic acid groups (broad SMARTS) is 1. The zero-order chi connectivity index (χ0) is 13.1. The summed E-state index contributed by atoms with van der Waals surface area (Å²) in [4.78, 5) is 23.3. The molecule has 2 aromatic rings. The molecule has 0 fully saturated rings. The highest BCUT2D eigenvalue weighted by molar-refractivity contribution is 9.10. The summed E-state index contributed by atoms with van der Waals surface area (Å²) in [5, 5.41) is 15.3. The third-order valence-electron chi connectivity index (χ3n) is 2.19. The molecule has 0 bridgehead atoms. The van der Waals surface area contributed by atoms with Crippen LogP contribution in [0.25, 0.3) is 0 Å². The largest absolute Gasteiger partial charge is 0.545 e. The molecule has 18 heavy (non-hydrogen) atoms. The minimum absolute atomic E-state index is 0.0609. The van der Waals surface area contributed by atoms with Gasteiger partial charge in [0.05, 0.1) is 16.5 Å². The molecule has 1 aromatic carbocycles. The fourth-order valence-corrected chi connectivity index (χ4v) is 2.37. The van der Waals surface area contributed by atoms with Crippen molar-refractivity contribution in [3.8, 4) is 0 Å². The van der Waals surface area contributed by atoms with Gasteiger partial charge < -0.3 is 15.2 Å². The van der Waals surface area contributed by atoms with Crippen molar-refractivity contribution < 1.29 is 14.7 Å². The number of aromatic carboxylic acids is 1. The molecule has 0 saturated carbocycles. The van der Waals surface area contributed by atoms with Gasteiger partial charge in [0.1, 0.15) is 0 Å². The zero-order valence-electron chi connectivity index (χ0n) is 8.98. The van der Waals surface area contributed by atoms with Gasteiger partial charge in [-0.1, -0.05) is 22.0 Å². The number of nitrogens with one attached hydrogen (secondary N) is 1. The smallest absolute Gasteiger partial charge is 0.265 e. The number of hydrogen-bond donors (Lipinski definition) is 1. The van der Waals surface area contributed by atoms with Crippen LogP contribution in [0.2, 0.25) is 0 Å². The summed E-state index contributed by atoms with van der Waals surface area (Å²) in [5.41, 5.74) is 0.158. The molecule has 1 aromatic heterocycles. The Morgan fingerprint density at radius 2 is 2.06 bits per heavy atom. The van der Waals surface area contributed by atoms with Crippen molar-refractivity contribution in [2.24, 2.45) is 0 Å². The molecule has 2 rings (SSSR count). The summed E-state index contributed by atoms with van der Waals surface area (Å²) in [7, 11) is 0. The minimum Gasteiger partial charge on any atom is -0.545 e. The van der Waals surface area contributed by atoms with Crippen molar-refractivity contribution in [1.29, 1.82) is 0 Å². The lowest BCUT2D eigenvalue weighted by atomic mass is 10.2. The van der Waals surface area contributed by atoms with E-state index in [1.165, 1.54) is 23.5 Å². The summed E-state index contributed by atoms with van der Waals surface area (Å²) in [6.45, 7) is 0. The maximum absolute atomic E-state index is 11.8. The van der Waals surface area contributed by atoms with Crippen LogP contribution in [0.15, 0.2) is 40.2 Å². The first-order valence-electron chi connectivity index (χ1n) is 4.93. The highest BCUT2D eigenvalue weighted by Gasteiger charge is 2.10. The SMILES string of the molecule is O=C(Nc1ccc(Br)cc1C(=O)[O-])c1cccs1. The van der Waals surface area contributed by atoms with Gasteiger partial charge in [-0.25, -0.2) is 0 Å². The lowest BCUT2D eigenvalue weighted by Crippen LogP contribution is -2.24. The normalized spacial score (nSPS) is 10.1. The Bertz CT molecular complexity index is 595. The Morgan fingerprint density at radius 3 is 2.67 bits per heavy atom. The average Bonchev–Trinajstić information content (AvgIpc) is 2.84. The second kappa shape index (κ2) is 5.32. The van der Waals surface area contributed by atoms with Gasteiger partial charge in [0.2, 0.25) is 0 Å². The number of carboxylic acids is 1. The number of carbonyl (C=O) groups excluding carboxylic acids is 2. The number of halogens is 1. The summed E-state index contributed by atoms with van der Waals surface area (Å²) >= 11 is 4.45. The third kappa shape index (κ3) is 2.77. The van der Waals surface area contributed by atoms with Gasteiger partial charge in [-0.05, 0) is 29.6 Å². The van der Waals surface area contributed by atoms with E-state index in [9.17, 15) is 14.7 Å². The fraction of sp³-hybridized carbons (Fsp3) is 0. The van der Waals surface area contributed by atoms with Gasteiger partial charge in [0, 0.05) is 10.0 Å². The van der Waals surface area contributed by atoms with Crippen molar-refractivity contribution in [3.63, 3.8) is 0 Å².